The predicted octanol–water partition coefficient (Wildman–Crippen LogP) is 1.94. The lowest BCUT2D eigenvalue weighted by Gasteiger charge is -2.27. The third-order valence-electron chi connectivity index (χ3n) is 4.10. The molecule has 2 atom stereocenters. The molecule has 2 saturated heterocycles. The van der Waals surface area contributed by atoms with Crippen molar-refractivity contribution in [2.24, 2.45) is 10.9 Å². The average Bonchev–Trinajstić information content (AvgIpc) is 2.81. The van der Waals surface area contributed by atoms with E-state index in [4.69, 9.17) is 4.74 Å². The van der Waals surface area contributed by atoms with Gasteiger partial charge in [-0.15, -0.1) is 24.0 Å². The molecule has 2 rings (SSSR count). The van der Waals surface area contributed by atoms with Crippen molar-refractivity contribution < 1.29 is 13.2 Å². The van der Waals surface area contributed by atoms with Crippen LogP contribution in [0.5, 0.6) is 0 Å². The van der Waals surface area contributed by atoms with Gasteiger partial charge in [0.25, 0.3) is 0 Å². The summed E-state index contributed by atoms with van der Waals surface area (Å²) in [5.41, 5.74) is -0.0962. The second-order valence-electron chi connectivity index (χ2n) is 7.70. The van der Waals surface area contributed by atoms with Gasteiger partial charge < -0.3 is 15.4 Å². The predicted molar refractivity (Wildman–Crippen MR) is 109 cm³/mol. The molecule has 0 aromatic carbocycles. The molecule has 2 aliphatic heterocycles. The van der Waals surface area contributed by atoms with Crippen LogP contribution in [-0.4, -0.2) is 57.2 Å². The number of guanidine groups is 1. The Kier molecular flexibility index (Phi) is 8.75. The van der Waals surface area contributed by atoms with Crippen LogP contribution in [0.1, 0.15) is 46.5 Å². The molecular weight excluding hydrogens is 441 g/mol. The van der Waals surface area contributed by atoms with Crippen molar-refractivity contribution in [3.8, 4) is 0 Å². The van der Waals surface area contributed by atoms with E-state index in [1.807, 2.05) is 0 Å². The number of halogens is 1. The molecule has 0 aromatic heterocycles. The number of hydrogen-bond acceptors (Lipinski definition) is 4. The zero-order chi connectivity index (χ0) is 16.9. The summed E-state index contributed by atoms with van der Waals surface area (Å²) in [5, 5.41) is 6.73. The largest absolute Gasteiger partial charge is 0.376 e. The van der Waals surface area contributed by atoms with Crippen LogP contribution in [-0.2, 0) is 14.6 Å². The third kappa shape index (κ3) is 8.33. The minimum Gasteiger partial charge on any atom is -0.376 e. The van der Waals surface area contributed by atoms with Crippen LogP contribution in [0.25, 0.3) is 0 Å². The zero-order valence-corrected chi connectivity index (χ0v) is 18.2. The van der Waals surface area contributed by atoms with Gasteiger partial charge in [0.05, 0.1) is 17.6 Å². The number of rotatable bonds is 4. The summed E-state index contributed by atoms with van der Waals surface area (Å²) >= 11 is 0. The third-order valence-corrected chi connectivity index (χ3v) is 5.94. The van der Waals surface area contributed by atoms with Gasteiger partial charge in [-0.25, -0.2) is 8.42 Å². The number of nitrogens with one attached hydrogen (secondary N) is 2. The monoisotopic (exact) mass is 473 g/mol. The maximum absolute atomic E-state index is 11.6. The van der Waals surface area contributed by atoms with Crippen LogP contribution < -0.4 is 10.6 Å². The first-order chi connectivity index (χ1) is 10.7. The lowest BCUT2D eigenvalue weighted by Crippen LogP contribution is -2.50. The Hall–Kier alpha value is -0.0900. The van der Waals surface area contributed by atoms with Gasteiger partial charge in [0.15, 0.2) is 15.8 Å². The molecule has 8 heteroatoms. The first-order valence-electron chi connectivity index (χ1n) is 8.62. The number of ether oxygens (including phenoxy) is 1. The minimum absolute atomic E-state index is 0. The molecule has 142 valence electrons. The Balaban J connectivity index is 0.00000288. The van der Waals surface area contributed by atoms with E-state index in [0.29, 0.717) is 12.3 Å². The number of aliphatic imine (C=N–C) groups is 1. The Morgan fingerprint density at radius 1 is 1.25 bits per heavy atom. The van der Waals surface area contributed by atoms with E-state index < -0.39 is 9.84 Å². The van der Waals surface area contributed by atoms with Gasteiger partial charge >= 0.3 is 0 Å². The van der Waals surface area contributed by atoms with Gasteiger partial charge in [-0.1, -0.05) is 0 Å². The number of sulfone groups is 1. The molecule has 0 amide bonds. The van der Waals surface area contributed by atoms with Crippen molar-refractivity contribution in [1.82, 2.24) is 10.6 Å². The van der Waals surface area contributed by atoms with Gasteiger partial charge in [0.1, 0.15) is 0 Å². The van der Waals surface area contributed by atoms with Gasteiger partial charge in [0, 0.05) is 25.2 Å². The topological polar surface area (TPSA) is 79.8 Å². The number of hydrogen-bond donors (Lipinski definition) is 2. The molecule has 2 aliphatic rings. The van der Waals surface area contributed by atoms with E-state index >= 15 is 0 Å². The SMILES string of the molecule is CC(C)(C)NC(=NCC1CCS(=O)(=O)C1)NCC1CCCCO1.I. The molecule has 2 fully saturated rings. The molecule has 0 bridgehead atoms. The maximum Gasteiger partial charge on any atom is 0.191 e. The molecule has 0 aliphatic carbocycles. The van der Waals surface area contributed by atoms with Crippen molar-refractivity contribution in [1.29, 1.82) is 0 Å². The summed E-state index contributed by atoms with van der Waals surface area (Å²) in [6, 6.07) is 0. The fourth-order valence-corrected chi connectivity index (χ4v) is 4.76. The second-order valence-corrected chi connectivity index (χ2v) is 9.93. The first kappa shape index (κ1) is 22.0. The highest BCUT2D eigenvalue weighted by Gasteiger charge is 2.27. The van der Waals surface area contributed by atoms with Crippen LogP contribution in [0, 0.1) is 5.92 Å². The molecule has 2 heterocycles. The van der Waals surface area contributed by atoms with Crippen LogP contribution in [0.3, 0.4) is 0 Å². The highest BCUT2D eigenvalue weighted by Crippen LogP contribution is 2.18. The van der Waals surface area contributed by atoms with Crippen molar-refractivity contribution in [2.45, 2.75) is 58.1 Å². The summed E-state index contributed by atoms with van der Waals surface area (Å²) in [6.45, 7) is 8.39. The Bertz CT molecular complexity index is 511. The summed E-state index contributed by atoms with van der Waals surface area (Å²) < 4.78 is 28.8. The van der Waals surface area contributed by atoms with Crippen LogP contribution in [0.2, 0.25) is 0 Å². The minimum atomic E-state index is -2.84. The van der Waals surface area contributed by atoms with E-state index in [1.165, 1.54) is 6.42 Å². The molecule has 24 heavy (non-hydrogen) atoms. The molecule has 0 aromatic rings. The standard InChI is InChI=1S/C16H31N3O3S.HI/c1-16(2,3)19-15(18-11-14-6-4-5-8-22-14)17-10-13-7-9-23(20,21)12-13;/h13-14H,4-12H2,1-3H3,(H2,17,18,19);1H. The summed E-state index contributed by atoms with van der Waals surface area (Å²) in [5.74, 6) is 1.46. The second kappa shape index (κ2) is 9.56. The van der Waals surface area contributed by atoms with Crippen molar-refractivity contribution >= 4 is 39.8 Å². The van der Waals surface area contributed by atoms with Crippen molar-refractivity contribution in [3.63, 3.8) is 0 Å². The van der Waals surface area contributed by atoms with Crippen LogP contribution >= 0.6 is 24.0 Å². The first-order valence-corrected chi connectivity index (χ1v) is 10.4. The Morgan fingerprint density at radius 2 is 2.00 bits per heavy atom. The van der Waals surface area contributed by atoms with Gasteiger partial charge in [0.2, 0.25) is 0 Å². The van der Waals surface area contributed by atoms with E-state index in [2.05, 4.69) is 36.4 Å². The van der Waals surface area contributed by atoms with Crippen LogP contribution in [0.4, 0.5) is 0 Å². The van der Waals surface area contributed by atoms with Gasteiger partial charge in [-0.05, 0) is 52.4 Å². The van der Waals surface area contributed by atoms with E-state index in [9.17, 15) is 8.42 Å². The highest BCUT2D eigenvalue weighted by atomic mass is 127. The smallest absolute Gasteiger partial charge is 0.191 e. The maximum atomic E-state index is 11.6. The molecule has 2 unspecified atom stereocenters. The summed E-state index contributed by atoms with van der Waals surface area (Å²) in [4.78, 5) is 4.62. The fourth-order valence-electron chi connectivity index (χ4n) is 2.91. The number of nitrogens with zero attached hydrogens (tertiary/aromatic N) is 1. The highest BCUT2D eigenvalue weighted by molar-refractivity contribution is 14.0. The fraction of sp³-hybridized carbons (Fsp3) is 0.938. The molecule has 0 saturated carbocycles. The Morgan fingerprint density at radius 3 is 2.54 bits per heavy atom. The average molecular weight is 473 g/mol. The molecule has 6 nitrogen and oxygen atoms in total. The quantitative estimate of drug-likeness (QED) is 0.371. The van der Waals surface area contributed by atoms with Crippen molar-refractivity contribution in [3.05, 3.63) is 0 Å². The molecular formula is C16H32IN3O3S. The molecule has 0 radical (unpaired) electrons. The summed E-state index contributed by atoms with van der Waals surface area (Å²) in [7, 11) is -2.84. The lowest BCUT2D eigenvalue weighted by atomic mass is 10.1. The Labute approximate surface area is 163 Å². The van der Waals surface area contributed by atoms with E-state index in [1.54, 1.807) is 0 Å². The van der Waals surface area contributed by atoms with E-state index in [0.717, 1.165) is 38.4 Å². The molecule has 0 spiro atoms. The van der Waals surface area contributed by atoms with Gasteiger partial charge in [-0.3, -0.25) is 4.99 Å². The van der Waals surface area contributed by atoms with Crippen molar-refractivity contribution in [2.75, 3.05) is 31.2 Å². The normalized spacial score (nSPS) is 27.4. The van der Waals surface area contributed by atoms with Crippen LogP contribution in [0.15, 0.2) is 4.99 Å². The van der Waals surface area contributed by atoms with E-state index in [-0.39, 0.29) is 47.3 Å². The lowest BCUT2D eigenvalue weighted by molar-refractivity contribution is 0.0194. The zero-order valence-electron chi connectivity index (χ0n) is 15.0. The molecule has 2 N–H and O–H groups in total. The summed E-state index contributed by atoms with van der Waals surface area (Å²) in [6.07, 6.45) is 4.40. The van der Waals surface area contributed by atoms with Gasteiger partial charge in [-0.2, -0.15) is 0 Å².